The van der Waals surface area contributed by atoms with Gasteiger partial charge in [-0.05, 0) is 48.9 Å². The topological polar surface area (TPSA) is 85.6 Å². The van der Waals surface area contributed by atoms with Crippen molar-refractivity contribution in [2.75, 3.05) is 38.7 Å². The first kappa shape index (κ1) is 24.4. The van der Waals surface area contributed by atoms with Gasteiger partial charge >= 0.3 is 0 Å². The Morgan fingerprint density at radius 2 is 1.79 bits per heavy atom. The molecule has 38 heavy (non-hydrogen) atoms. The lowest BCUT2D eigenvalue weighted by molar-refractivity contribution is -0.130. The van der Waals surface area contributed by atoms with E-state index in [0.717, 1.165) is 42.4 Å². The molecule has 0 unspecified atom stereocenters. The van der Waals surface area contributed by atoms with Gasteiger partial charge in [0.1, 0.15) is 0 Å². The molecule has 0 N–H and O–H groups in total. The SMILES string of the molecule is Cc1ccc(-n2c(SCC(=O)N3CCN(Cc4ccc5c(c4)OCO5)CC3)nnc2-c2cccnc2)cc1. The maximum absolute atomic E-state index is 13.1. The molecule has 0 bridgehead atoms. The van der Waals surface area contributed by atoms with Crippen molar-refractivity contribution in [3.8, 4) is 28.6 Å². The molecular formula is C28H28N6O3S. The first-order chi connectivity index (χ1) is 18.6. The molecule has 1 fully saturated rings. The number of rotatable bonds is 7. The first-order valence-electron chi connectivity index (χ1n) is 12.6. The summed E-state index contributed by atoms with van der Waals surface area (Å²) in [6.07, 6.45) is 3.51. The lowest BCUT2D eigenvalue weighted by Gasteiger charge is -2.34. The molecule has 2 aliphatic heterocycles. The normalized spacial score (nSPS) is 15.1. The number of benzene rings is 2. The number of hydrogen-bond donors (Lipinski definition) is 0. The predicted octanol–water partition coefficient (Wildman–Crippen LogP) is 3.80. The third-order valence-electron chi connectivity index (χ3n) is 6.74. The van der Waals surface area contributed by atoms with Gasteiger partial charge in [-0.3, -0.25) is 19.2 Å². The summed E-state index contributed by atoms with van der Waals surface area (Å²) in [5.41, 5.74) is 4.18. The first-order valence-corrected chi connectivity index (χ1v) is 13.6. The highest BCUT2D eigenvalue weighted by Crippen LogP contribution is 2.33. The molecule has 4 aromatic rings. The molecule has 10 heteroatoms. The van der Waals surface area contributed by atoms with E-state index in [1.807, 2.05) is 45.9 Å². The average Bonchev–Trinajstić information content (AvgIpc) is 3.60. The van der Waals surface area contributed by atoms with Gasteiger partial charge in [0.15, 0.2) is 22.5 Å². The Kier molecular flexibility index (Phi) is 6.98. The number of aryl methyl sites for hydroxylation is 1. The maximum Gasteiger partial charge on any atom is 0.233 e. The molecule has 2 aliphatic rings. The van der Waals surface area contributed by atoms with Crippen LogP contribution in [0.4, 0.5) is 0 Å². The smallest absolute Gasteiger partial charge is 0.233 e. The third-order valence-corrected chi connectivity index (χ3v) is 7.65. The molecule has 0 atom stereocenters. The van der Waals surface area contributed by atoms with Gasteiger partial charge in [0, 0.05) is 56.4 Å². The van der Waals surface area contributed by atoms with Gasteiger partial charge in [0.2, 0.25) is 12.7 Å². The lowest BCUT2D eigenvalue weighted by Crippen LogP contribution is -2.48. The number of hydrogen-bond acceptors (Lipinski definition) is 8. The summed E-state index contributed by atoms with van der Waals surface area (Å²) in [6.45, 7) is 6.23. The number of amides is 1. The Balaban J connectivity index is 1.09. The number of thioether (sulfide) groups is 1. The molecule has 1 amide bonds. The van der Waals surface area contributed by atoms with E-state index in [0.29, 0.717) is 29.8 Å². The summed E-state index contributed by atoms with van der Waals surface area (Å²) >= 11 is 1.42. The summed E-state index contributed by atoms with van der Waals surface area (Å²) in [7, 11) is 0. The second-order valence-electron chi connectivity index (χ2n) is 9.35. The maximum atomic E-state index is 13.1. The van der Waals surface area contributed by atoms with Crippen LogP contribution >= 0.6 is 11.8 Å². The Bertz CT molecular complexity index is 1420. The van der Waals surface area contributed by atoms with Crippen LogP contribution in [0.3, 0.4) is 0 Å². The zero-order chi connectivity index (χ0) is 25.9. The molecule has 2 aromatic heterocycles. The minimum Gasteiger partial charge on any atom is -0.454 e. The van der Waals surface area contributed by atoms with Crippen molar-refractivity contribution in [3.05, 3.63) is 78.1 Å². The summed E-state index contributed by atoms with van der Waals surface area (Å²) in [4.78, 5) is 21.7. The van der Waals surface area contributed by atoms with Crippen molar-refractivity contribution in [1.29, 1.82) is 0 Å². The van der Waals surface area contributed by atoms with Gasteiger partial charge in [-0.15, -0.1) is 10.2 Å². The van der Waals surface area contributed by atoms with E-state index in [4.69, 9.17) is 9.47 Å². The number of aromatic nitrogens is 4. The van der Waals surface area contributed by atoms with E-state index >= 15 is 0 Å². The number of piperazine rings is 1. The fraction of sp³-hybridized carbons (Fsp3) is 0.286. The standard InChI is InChI=1S/C28H28N6O3S/c1-20-4-7-23(8-5-20)34-27(22-3-2-10-29-16-22)30-31-28(34)38-18-26(35)33-13-11-32(12-14-33)17-21-6-9-24-25(15-21)37-19-36-24/h2-10,15-16H,11-14,17-19H2,1H3. The van der Waals surface area contributed by atoms with Crippen LogP contribution in [0, 0.1) is 6.92 Å². The van der Waals surface area contributed by atoms with Gasteiger partial charge in [0.05, 0.1) is 5.75 Å². The van der Waals surface area contributed by atoms with Crippen molar-refractivity contribution in [3.63, 3.8) is 0 Å². The van der Waals surface area contributed by atoms with Crippen molar-refractivity contribution in [2.45, 2.75) is 18.6 Å². The number of fused-ring (bicyclic) bond motifs is 1. The summed E-state index contributed by atoms with van der Waals surface area (Å²) < 4.78 is 12.9. The molecule has 194 valence electrons. The average molecular weight is 529 g/mol. The van der Waals surface area contributed by atoms with Gasteiger partial charge in [0.25, 0.3) is 0 Å². The largest absolute Gasteiger partial charge is 0.454 e. The van der Waals surface area contributed by atoms with E-state index < -0.39 is 0 Å². The van der Waals surface area contributed by atoms with E-state index in [1.165, 1.54) is 22.9 Å². The fourth-order valence-corrected chi connectivity index (χ4v) is 5.50. The molecule has 0 spiro atoms. The van der Waals surface area contributed by atoms with Gasteiger partial charge in [-0.1, -0.05) is 35.5 Å². The zero-order valence-electron chi connectivity index (χ0n) is 21.1. The van der Waals surface area contributed by atoms with Crippen LogP contribution in [-0.4, -0.2) is 74.2 Å². The van der Waals surface area contributed by atoms with Crippen molar-refractivity contribution in [2.24, 2.45) is 0 Å². The van der Waals surface area contributed by atoms with Crippen LogP contribution in [0.5, 0.6) is 11.5 Å². The van der Waals surface area contributed by atoms with E-state index in [9.17, 15) is 4.79 Å². The predicted molar refractivity (Wildman–Crippen MR) is 144 cm³/mol. The van der Waals surface area contributed by atoms with Gasteiger partial charge < -0.3 is 14.4 Å². The van der Waals surface area contributed by atoms with Crippen LogP contribution in [0.1, 0.15) is 11.1 Å². The third kappa shape index (κ3) is 5.23. The molecule has 2 aromatic carbocycles. The number of carbonyl (C=O) groups excluding carboxylic acids is 1. The van der Waals surface area contributed by atoms with Crippen molar-refractivity contribution < 1.29 is 14.3 Å². The summed E-state index contributed by atoms with van der Waals surface area (Å²) in [5, 5.41) is 9.58. The highest BCUT2D eigenvalue weighted by atomic mass is 32.2. The molecule has 9 nitrogen and oxygen atoms in total. The number of pyridine rings is 1. The number of carbonyl (C=O) groups is 1. The zero-order valence-corrected chi connectivity index (χ0v) is 21.9. The van der Waals surface area contributed by atoms with Crippen LogP contribution in [-0.2, 0) is 11.3 Å². The Hall–Kier alpha value is -3.89. The number of ether oxygens (including phenoxy) is 2. The molecule has 0 saturated carbocycles. The van der Waals surface area contributed by atoms with E-state index in [-0.39, 0.29) is 12.7 Å². The van der Waals surface area contributed by atoms with Crippen LogP contribution in [0.25, 0.3) is 17.1 Å². The second-order valence-corrected chi connectivity index (χ2v) is 10.3. The lowest BCUT2D eigenvalue weighted by atomic mass is 10.1. The van der Waals surface area contributed by atoms with E-state index in [2.05, 4.69) is 45.2 Å². The fourth-order valence-electron chi connectivity index (χ4n) is 4.64. The molecule has 6 rings (SSSR count). The molecular weight excluding hydrogens is 500 g/mol. The summed E-state index contributed by atoms with van der Waals surface area (Å²) in [5.74, 6) is 2.72. The quantitative estimate of drug-likeness (QED) is 0.335. The monoisotopic (exact) mass is 528 g/mol. The second kappa shape index (κ2) is 10.8. The van der Waals surface area contributed by atoms with Crippen molar-refractivity contribution in [1.82, 2.24) is 29.5 Å². The minimum absolute atomic E-state index is 0.110. The minimum atomic E-state index is 0.110. The summed E-state index contributed by atoms with van der Waals surface area (Å²) in [6, 6.07) is 18.1. The number of nitrogens with zero attached hydrogens (tertiary/aromatic N) is 6. The van der Waals surface area contributed by atoms with Gasteiger partial charge in [-0.2, -0.15) is 0 Å². The van der Waals surface area contributed by atoms with E-state index in [1.54, 1.807) is 12.4 Å². The molecule has 4 heterocycles. The molecule has 0 aliphatic carbocycles. The Labute approximate surface area is 225 Å². The Morgan fingerprint density at radius 1 is 0.974 bits per heavy atom. The van der Waals surface area contributed by atoms with Crippen molar-refractivity contribution >= 4 is 17.7 Å². The van der Waals surface area contributed by atoms with Crippen LogP contribution < -0.4 is 9.47 Å². The molecule has 0 radical (unpaired) electrons. The van der Waals surface area contributed by atoms with Crippen LogP contribution in [0.2, 0.25) is 0 Å². The van der Waals surface area contributed by atoms with Crippen LogP contribution in [0.15, 0.2) is 72.1 Å². The van der Waals surface area contributed by atoms with Gasteiger partial charge in [-0.25, -0.2) is 0 Å². The highest BCUT2D eigenvalue weighted by Gasteiger charge is 2.24. The Morgan fingerprint density at radius 3 is 2.58 bits per heavy atom. The molecule has 1 saturated heterocycles. The highest BCUT2D eigenvalue weighted by molar-refractivity contribution is 7.99.